The minimum absolute atomic E-state index is 0.0801. The van der Waals surface area contributed by atoms with Crippen molar-refractivity contribution in [3.05, 3.63) is 67.8 Å². The van der Waals surface area contributed by atoms with Gasteiger partial charge in [0.2, 0.25) is 0 Å². The topological polar surface area (TPSA) is 144 Å². The molecule has 0 atom stereocenters. The van der Waals surface area contributed by atoms with E-state index in [0.29, 0.717) is 11.1 Å². The molecule has 0 unspecified atom stereocenters. The Morgan fingerprint density at radius 2 is 1.21 bits per heavy atom. The van der Waals surface area contributed by atoms with E-state index >= 15 is 0 Å². The molecule has 0 spiro atoms. The standard InChI is InChI=1S/C15H12N2O7/c18-11(5-9-1-3-12(16(21)22)14(19)7-9)6-10-2-4-13(17(23)24)15(20)8-10/h1-4,7-8,19-20H,5-6H2. The van der Waals surface area contributed by atoms with Crippen LogP contribution in [-0.2, 0) is 17.6 Å². The fraction of sp³-hybridized carbons (Fsp3) is 0.133. The molecule has 9 nitrogen and oxygen atoms in total. The first kappa shape index (κ1) is 16.9. The number of Topliss-reactive ketones (excluding diaryl/α,β-unsaturated/α-hetero) is 1. The minimum atomic E-state index is -0.736. The molecule has 124 valence electrons. The first-order valence-corrected chi connectivity index (χ1v) is 6.72. The number of aromatic hydroxyl groups is 2. The largest absolute Gasteiger partial charge is 0.502 e. The summed E-state index contributed by atoms with van der Waals surface area (Å²) in [6, 6.07) is 7.23. The summed E-state index contributed by atoms with van der Waals surface area (Å²) < 4.78 is 0. The van der Waals surface area contributed by atoms with Crippen LogP contribution < -0.4 is 0 Å². The summed E-state index contributed by atoms with van der Waals surface area (Å²) in [7, 11) is 0. The Balaban J connectivity index is 2.08. The number of hydrogen-bond acceptors (Lipinski definition) is 7. The minimum Gasteiger partial charge on any atom is -0.502 e. The van der Waals surface area contributed by atoms with Crippen LogP contribution in [0.4, 0.5) is 11.4 Å². The quantitative estimate of drug-likeness (QED) is 0.609. The van der Waals surface area contributed by atoms with Gasteiger partial charge < -0.3 is 10.2 Å². The molecule has 2 rings (SSSR count). The Morgan fingerprint density at radius 1 is 0.833 bits per heavy atom. The summed E-state index contributed by atoms with van der Waals surface area (Å²) >= 11 is 0. The Kier molecular flexibility index (Phi) is 4.73. The molecule has 0 bridgehead atoms. The molecule has 24 heavy (non-hydrogen) atoms. The fourth-order valence-electron chi connectivity index (χ4n) is 2.18. The first-order valence-electron chi connectivity index (χ1n) is 6.72. The maximum atomic E-state index is 12.0. The molecule has 2 aromatic carbocycles. The molecule has 0 saturated carbocycles. The first-order chi connectivity index (χ1) is 11.3. The van der Waals surface area contributed by atoms with Crippen molar-refractivity contribution in [2.24, 2.45) is 0 Å². The van der Waals surface area contributed by atoms with E-state index in [1.54, 1.807) is 0 Å². The molecular weight excluding hydrogens is 320 g/mol. The number of nitro groups is 2. The summed E-state index contributed by atoms with van der Waals surface area (Å²) in [6.45, 7) is 0. The lowest BCUT2D eigenvalue weighted by Crippen LogP contribution is -2.07. The second kappa shape index (κ2) is 6.73. The average molecular weight is 332 g/mol. The van der Waals surface area contributed by atoms with Gasteiger partial charge in [0, 0.05) is 25.0 Å². The van der Waals surface area contributed by atoms with Crippen LogP contribution in [0.25, 0.3) is 0 Å². The number of phenolic OH excluding ortho intramolecular Hbond substituents is 2. The summed E-state index contributed by atoms with van der Waals surface area (Å²) in [5.41, 5.74) is -0.110. The molecule has 0 aliphatic carbocycles. The highest BCUT2D eigenvalue weighted by molar-refractivity contribution is 5.83. The molecule has 2 aromatic rings. The van der Waals surface area contributed by atoms with E-state index in [-0.39, 0.29) is 18.6 Å². The van der Waals surface area contributed by atoms with Crippen molar-refractivity contribution < 1.29 is 24.9 Å². The van der Waals surface area contributed by atoms with Crippen molar-refractivity contribution >= 4 is 17.2 Å². The van der Waals surface area contributed by atoms with Gasteiger partial charge in [-0.15, -0.1) is 0 Å². The van der Waals surface area contributed by atoms with Crippen molar-refractivity contribution in [1.29, 1.82) is 0 Å². The second-order valence-corrected chi connectivity index (χ2v) is 5.05. The Labute approximate surface area is 135 Å². The maximum absolute atomic E-state index is 12.0. The predicted octanol–water partition coefficient (Wildman–Crippen LogP) is 2.27. The molecule has 0 fully saturated rings. The summed E-state index contributed by atoms with van der Waals surface area (Å²) in [4.78, 5) is 31.8. The molecule has 2 N–H and O–H groups in total. The zero-order valence-electron chi connectivity index (χ0n) is 12.2. The number of carbonyl (C=O) groups excluding carboxylic acids is 1. The highest BCUT2D eigenvalue weighted by Crippen LogP contribution is 2.28. The van der Waals surface area contributed by atoms with Crippen molar-refractivity contribution in [2.75, 3.05) is 0 Å². The molecule has 0 aliphatic rings. The molecule has 0 aromatic heterocycles. The monoisotopic (exact) mass is 332 g/mol. The number of benzene rings is 2. The third-order valence-electron chi connectivity index (χ3n) is 3.28. The van der Waals surface area contributed by atoms with Gasteiger partial charge in [0.05, 0.1) is 9.85 Å². The highest BCUT2D eigenvalue weighted by Gasteiger charge is 2.16. The highest BCUT2D eigenvalue weighted by atomic mass is 16.6. The zero-order chi connectivity index (χ0) is 17.9. The van der Waals surface area contributed by atoms with Gasteiger partial charge in [-0.25, -0.2) is 0 Å². The van der Waals surface area contributed by atoms with E-state index in [1.807, 2.05) is 0 Å². The van der Waals surface area contributed by atoms with Crippen LogP contribution >= 0.6 is 0 Å². The number of rotatable bonds is 6. The van der Waals surface area contributed by atoms with Gasteiger partial charge >= 0.3 is 11.4 Å². The SMILES string of the molecule is O=C(Cc1ccc([N+](=O)[O-])c(O)c1)Cc1ccc([N+](=O)[O-])c(O)c1. The summed E-state index contributed by atoms with van der Waals surface area (Å²) in [5.74, 6) is -1.34. The lowest BCUT2D eigenvalue weighted by Gasteiger charge is -2.04. The molecule has 0 amide bonds. The number of nitro benzene ring substituents is 2. The smallest absolute Gasteiger partial charge is 0.310 e. The molecule has 0 heterocycles. The molecular formula is C15H12N2O7. The van der Waals surface area contributed by atoms with E-state index in [4.69, 9.17) is 0 Å². The van der Waals surface area contributed by atoms with E-state index < -0.39 is 32.7 Å². The molecule has 0 saturated heterocycles. The van der Waals surface area contributed by atoms with Gasteiger partial charge in [-0.1, -0.05) is 12.1 Å². The lowest BCUT2D eigenvalue weighted by atomic mass is 10.0. The maximum Gasteiger partial charge on any atom is 0.310 e. The van der Waals surface area contributed by atoms with Crippen molar-refractivity contribution in [2.45, 2.75) is 12.8 Å². The van der Waals surface area contributed by atoms with Crippen LogP contribution in [0.2, 0.25) is 0 Å². The van der Waals surface area contributed by atoms with E-state index in [1.165, 1.54) is 12.1 Å². The van der Waals surface area contributed by atoms with Gasteiger partial charge in [0.1, 0.15) is 5.78 Å². The van der Waals surface area contributed by atoms with E-state index in [0.717, 1.165) is 24.3 Å². The summed E-state index contributed by atoms with van der Waals surface area (Å²) in [5, 5.41) is 40.3. The fourth-order valence-corrected chi connectivity index (χ4v) is 2.18. The number of nitrogens with zero attached hydrogens (tertiary/aromatic N) is 2. The zero-order valence-corrected chi connectivity index (χ0v) is 12.2. The third-order valence-corrected chi connectivity index (χ3v) is 3.28. The molecule has 0 radical (unpaired) electrons. The Hall–Kier alpha value is -3.49. The van der Waals surface area contributed by atoms with Crippen molar-refractivity contribution in [1.82, 2.24) is 0 Å². The number of ketones is 1. The number of hydrogen-bond donors (Lipinski definition) is 2. The van der Waals surface area contributed by atoms with Crippen LogP contribution in [0.15, 0.2) is 36.4 Å². The van der Waals surface area contributed by atoms with Crippen molar-refractivity contribution in [3.63, 3.8) is 0 Å². The predicted molar refractivity (Wildman–Crippen MR) is 81.9 cm³/mol. The molecule has 0 aliphatic heterocycles. The normalized spacial score (nSPS) is 10.3. The van der Waals surface area contributed by atoms with E-state index in [9.17, 15) is 35.2 Å². The molecule has 9 heteroatoms. The second-order valence-electron chi connectivity index (χ2n) is 5.05. The van der Waals surface area contributed by atoms with Gasteiger partial charge in [-0.3, -0.25) is 25.0 Å². The Morgan fingerprint density at radius 3 is 1.50 bits per heavy atom. The Bertz CT molecular complexity index is 765. The van der Waals surface area contributed by atoms with Crippen LogP contribution in [0.1, 0.15) is 11.1 Å². The average Bonchev–Trinajstić information content (AvgIpc) is 2.46. The van der Waals surface area contributed by atoms with Gasteiger partial charge in [0.15, 0.2) is 11.5 Å². The van der Waals surface area contributed by atoms with Crippen LogP contribution in [0.5, 0.6) is 11.5 Å². The van der Waals surface area contributed by atoms with Crippen LogP contribution in [0, 0.1) is 20.2 Å². The number of phenols is 2. The van der Waals surface area contributed by atoms with Gasteiger partial charge in [-0.2, -0.15) is 0 Å². The van der Waals surface area contributed by atoms with Crippen LogP contribution in [-0.4, -0.2) is 25.8 Å². The lowest BCUT2D eigenvalue weighted by molar-refractivity contribution is -0.386. The van der Waals surface area contributed by atoms with Crippen LogP contribution in [0.3, 0.4) is 0 Å². The van der Waals surface area contributed by atoms with Gasteiger partial charge in [0.25, 0.3) is 0 Å². The van der Waals surface area contributed by atoms with Crippen molar-refractivity contribution in [3.8, 4) is 11.5 Å². The van der Waals surface area contributed by atoms with Gasteiger partial charge in [-0.05, 0) is 23.3 Å². The summed E-state index contributed by atoms with van der Waals surface area (Å²) in [6.07, 6.45) is -0.160. The number of carbonyl (C=O) groups is 1. The third kappa shape index (κ3) is 3.83. The van der Waals surface area contributed by atoms with E-state index in [2.05, 4.69) is 0 Å².